The summed E-state index contributed by atoms with van der Waals surface area (Å²) in [5.41, 5.74) is 3.15. The highest BCUT2D eigenvalue weighted by Crippen LogP contribution is 2.39. The third-order valence-corrected chi connectivity index (χ3v) is 6.69. The molecular formula is C19H17Cl2N3O3S. The van der Waals surface area contributed by atoms with Gasteiger partial charge in [-0.3, -0.25) is 9.59 Å². The molecule has 0 unspecified atom stereocenters. The van der Waals surface area contributed by atoms with E-state index in [1.807, 2.05) is 24.3 Å². The van der Waals surface area contributed by atoms with E-state index in [0.717, 1.165) is 15.8 Å². The molecule has 1 aliphatic rings. The maximum Gasteiger partial charge on any atom is 0.268 e. The molecule has 2 aromatic heterocycles. The van der Waals surface area contributed by atoms with Crippen molar-refractivity contribution in [3.05, 3.63) is 56.5 Å². The Kier molecular flexibility index (Phi) is 5.33. The second kappa shape index (κ2) is 7.75. The van der Waals surface area contributed by atoms with Gasteiger partial charge < -0.3 is 20.4 Å². The summed E-state index contributed by atoms with van der Waals surface area (Å²) in [7, 11) is 1.47. The van der Waals surface area contributed by atoms with Crippen LogP contribution in [0.1, 0.15) is 27.7 Å². The molecule has 0 aliphatic heterocycles. The van der Waals surface area contributed by atoms with Crippen LogP contribution in [0.2, 0.25) is 9.36 Å². The Morgan fingerprint density at radius 2 is 2.07 bits per heavy atom. The fourth-order valence-electron chi connectivity index (χ4n) is 3.54. The van der Waals surface area contributed by atoms with E-state index in [9.17, 15) is 9.59 Å². The molecule has 4 rings (SSSR count). The lowest BCUT2D eigenvalue weighted by atomic mass is 10.1. The molecule has 9 heteroatoms. The van der Waals surface area contributed by atoms with Crippen molar-refractivity contribution in [3.63, 3.8) is 0 Å². The van der Waals surface area contributed by atoms with Gasteiger partial charge in [-0.1, -0.05) is 47.5 Å². The lowest BCUT2D eigenvalue weighted by Gasteiger charge is -2.23. The van der Waals surface area contributed by atoms with Crippen LogP contribution in [-0.2, 0) is 16.0 Å². The van der Waals surface area contributed by atoms with E-state index in [2.05, 4.69) is 15.6 Å². The van der Waals surface area contributed by atoms with Gasteiger partial charge in [0.05, 0.1) is 27.3 Å². The third-order valence-electron chi connectivity index (χ3n) is 4.76. The molecule has 3 N–H and O–H groups in total. The van der Waals surface area contributed by atoms with Gasteiger partial charge in [0.1, 0.15) is 16.6 Å². The van der Waals surface area contributed by atoms with Crippen LogP contribution in [0.4, 0.5) is 0 Å². The zero-order chi connectivity index (χ0) is 19.8. The predicted octanol–water partition coefficient (Wildman–Crippen LogP) is 3.69. The van der Waals surface area contributed by atoms with E-state index in [4.69, 9.17) is 27.9 Å². The van der Waals surface area contributed by atoms with Gasteiger partial charge in [-0.2, -0.15) is 0 Å². The van der Waals surface area contributed by atoms with Gasteiger partial charge in [0.25, 0.3) is 5.91 Å². The lowest BCUT2D eigenvalue weighted by molar-refractivity contribution is -0.125. The number of hydrogen-bond donors (Lipinski definition) is 3. The highest BCUT2D eigenvalue weighted by atomic mass is 35.5. The topological polar surface area (TPSA) is 83.2 Å². The van der Waals surface area contributed by atoms with Crippen molar-refractivity contribution in [1.29, 1.82) is 0 Å². The number of nitrogens with one attached hydrogen (secondary N) is 3. The summed E-state index contributed by atoms with van der Waals surface area (Å²) in [5.74, 6) is -0.496. The van der Waals surface area contributed by atoms with Crippen LogP contribution in [0.15, 0.2) is 30.3 Å². The fraction of sp³-hybridized carbons (Fsp3) is 0.263. The van der Waals surface area contributed by atoms with Crippen LogP contribution in [0.5, 0.6) is 0 Å². The second-order valence-electron chi connectivity index (χ2n) is 6.57. The first kappa shape index (κ1) is 19.3. The van der Waals surface area contributed by atoms with Gasteiger partial charge in [0, 0.05) is 7.11 Å². The summed E-state index contributed by atoms with van der Waals surface area (Å²) in [6.45, 7) is -0.0362. The van der Waals surface area contributed by atoms with Gasteiger partial charge >= 0.3 is 0 Å². The van der Waals surface area contributed by atoms with Crippen molar-refractivity contribution in [1.82, 2.24) is 15.6 Å². The third kappa shape index (κ3) is 3.51. The number of ether oxygens (including phenoxy) is 1. The first-order valence-corrected chi connectivity index (χ1v) is 10.2. The Labute approximate surface area is 175 Å². The number of benzene rings is 1. The Balaban J connectivity index is 1.56. The largest absolute Gasteiger partial charge is 0.375 e. The van der Waals surface area contributed by atoms with Crippen molar-refractivity contribution >= 4 is 56.6 Å². The van der Waals surface area contributed by atoms with Crippen molar-refractivity contribution in [2.75, 3.05) is 13.7 Å². The quantitative estimate of drug-likeness (QED) is 0.568. The van der Waals surface area contributed by atoms with E-state index >= 15 is 0 Å². The molecule has 1 aromatic carbocycles. The first-order chi connectivity index (χ1) is 13.5. The molecule has 3 aromatic rings. The van der Waals surface area contributed by atoms with Crippen LogP contribution in [0.3, 0.4) is 0 Å². The number of carbonyl (C=O) groups is 2. The summed E-state index contributed by atoms with van der Waals surface area (Å²) in [4.78, 5) is 27.9. The molecule has 1 aliphatic carbocycles. The number of halogens is 2. The molecule has 0 bridgehead atoms. The SMILES string of the molecule is COCC(=O)N[C@@H]1c2ccccc2C[C@H]1NC(=O)c1cc2sc(Cl)c(Cl)c2[nH]1. The van der Waals surface area contributed by atoms with Gasteiger partial charge in [-0.05, 0) is 23.6 Å². The summed E-state index contributed by atoms with van der Waals surface area (Å²) in [5, 5.41) is 6.40. The average Bonchev–Trinajstić information content (AvgIpc) is 3.30. The monoisotopic (exact) mass is 437 g/mol. The normalized spacial score (nSPS) is 18.2. The molecule has 2 heterocycles. The Morgan fingerprint density at radius 3 is 2.82 bits per heavy atom. The van der Waals surface area contributed by atoms with E-state index in [-0.39, 0.29) is 30.5 Å². The number of rotatable bonds is 5. The van der Waals surface area contributed by atoms with Gasteiger partial charge in [-0.25, -0.2) is 0 Å². The molecule has 0 spiro atoms. The van der Waals surface area contributed by atoms with Crippen molar-refractivity contribution in [3.8, 4) is 0 Å². The molecule has 2 amide bonds. The lowest BCUT2D eigenvalue weighted by Crippen LogP contribution is -2.45. The number of fused-ring (bicyclic) bond motifs is 2. The van der Waals surface area contributed by atoms with Gasteiger partial charge in [0.15, 0.2) is 0 Å². The minimum atomic E-state index is -0.322. The highest BCUT2D eigenvalue weighted by Gasteiger charge is 2.34. The number of aromatic nitrogens is 1. The maximum atomic E-state index is 12.8. The predicted molar refractivity (Wildman–Crippen MR) is 110 cm³/mol. The van der Waals surface area contributed by atoms with Crippen molar-refractivity contribution < 1.29 is 14.3 Å². The molecule has 0 saturated carbocycles. The van der Waals surface area contributed by atoms with E-state index in [1.165, 1.54) is 18.4 Å². The zero-order valence-electron chi connectivity index (χ0n) is 14.8. The molecule has 6 nitrogen and oxygen atoms in total. The first-order valence-electron chi connectivity index (χ1n) is 8.61. The summed E-state index contributed by atoms with van der Waals surface area (Å²) >= 11 is 13.5. The van der Waals surface area contributed by atoms with Crippen LogP contribution < -0.4 is 10.6 Å². The van der Waals surface area contributed by atoms with E-state index < -0.39 is 0 Å². The zero-order valence-corrected chi connectivity index (χ0v) is 17.2. The Morgan fingerprint density at radius 1 is 1.29 bits per heavy atom. The van der Waals surface area contributed by atoms with Crippen LogP contribution in [-0.4, -0.2) is 36.6 Å². The Hall–Kier alpha value is -2.06. The average molecular weight is 438 g/mol. The standard InChI is InChI=1S/C19H17Cl2N3O3S/c1-27-8-14(25)24-16-10-5-3-2-4-9(10)6-11(16)23-19(26)12-7-13-17(22-12)15(20)18(21)28-13/h2-5,7,11,16,22H,6,8H2,1H3,(H,23,26)(H,24,25)/t11-,16-/m1/s1. The van der Waals surface area contributed by atoms with Crippen molar-refractivity contribution in [2.45, 2.75) is 18.5 Å². The van der Waals surface area contributed by atoms with E-state index in [1.54, 1.807) is 6.07 Å². The van der Waals surface area contributed by atoms with E-state index in [0.29, 0.717) is 27.0 Å². The second-order valence-corrected chi connectivity index (χ2v) is 8.61. The number of carbonyl (C=O) groups excluding carboxylic acids is 2. The minimum Gasteiger partial charge on any atom is -0.375 e. The molecule has 2 atom stereocenters. The summed E-state index contributed by atoms with van der Waals surface area (Å²) in [6.07, 6.45) is 0.626. The highest BCUT2D eigenvalue weighted by molar-refractivity contribution is 7.23. The molecule has 0 radical (unpaired) electrons. The van der Waals surface area contributed by atoms with Gasteiger partial charge in [0.2, 0.25) is 5.91 Å². The maximum absolute atomic E-state index is 12.8. The van der Waals surface area contributed by atoms with Crippen LogP contribution in [0, 0.1) is 0 Å². The summed E-state index contributed by atoms with van der Waals surface area (Å²) in [6, 6.07) is 8.97. The van der Waals surface area contributed by atoms with Crippen molar-refractivity contribution in [2.24, 2.45) is 0 Å². The molecule has 146 valence electrons. The van der Waals surface area contributed by atoms with Crippen LogP contribution in [0.25, 0.3) is 10.2 Å². The molecular weight excluding hydrogens is 421 g/mol. The number of aromatic amines is 1. The number of thiophene rings is 1. The Bertz CT molecular complexity index is 1060. The molecule has 28 heavy (non-hydrogen) atoms. The van der Waals surface area contributed by atoms with Gasteiger partial charge in [-0.15, -0.1) is 11.3 Å². The minimum absolute atomic E-state index is 0.0362. The molecule has 0 saturated heterocycles. The number of methoxy groups -OCH3 is 1. The number of amides is 2. The fourth-order valence-corrected chi connectivity index (χ4v) is 5.02. The van der Waals surface area contributed by atoms with Crippen LogP contribution >= 0.6 is 34.5 Å². The summed E-state index contributed by atoms with van der Waals surface area (Å²) < 4.78 is 6.21. The molecule has 0 fully saturated rings. The number of H-pyrrole nitrogens is 1. The number of hydrogen-bond acceptors (Lipinski definition) is 4. The smallest absolute Gasteiger partial charge is 0.268 e.